The second kappa shape index (κ2) is 6.37. The normalized spacial score (nSPS) is 19.2. The third-order valence-corrected chi connectivity index (χ3v) is 5.66. The van der Waals surface area contributed by atoms with E-state index < -0.39 is 11.2 Å². The van der Waals surface area contributed by atoms with Gasteiger partial charge in [0.1, 0.15) is 0 Å². The van der Waals surface area contributed by atoms with E-state index in [9.17, 15) is 4.21 Å². The van der Waals surface area contributed by atoms with Crippen molar-refractivity contribution in [2.45, 2.75) is 19.9 Å². The Morgan fingerprint density at radius 1 is 0.880 bits per heavy atom. The van der Waals surface area contributed by atoms with Gasteiger partial charge >= 0.3 is 0 Å². The minimum absolute atomic E-state index is 0.0966. The second-order valence-corrected chi connectivity index (χ2v) is 7.52. The van der Waals surface area contributed by atoms with Gasteiger partial charge in [0.2, 0.25) is 11.2 Å². The van der Waals surface area contributed by atoms with E-state index in [-0.39, 0.29) is 6.04 Å². The highest BCUT2D eigenvalue weighted by molar-refractivity contribution is 7.87. The van der Waals surface area contributed by atoms with Crippen LogP contribution in [0.5, 0.6) is 0 Å². The van der Waals surface area contributed by atoms with Gasteiger partial charge in [0, 0.05) is 5.56 Å². The standard InChI is InChI=1S/C21H20N2OS/c1-15-7-6-10-18(13-15)23-21(17-8-4-3-5-9-17)19-12-11-16(2)14-20(19)22-25(23)24/h3-14,21-22H,1-2H3/t21-,25+/m1/s1. The Bertz CT molecular complexity index is 940. The van der Waals surface area contributed by atoms with Crippen LogP contribution in [0.25, 0.3) is 0 Å². The number of hydrogen-bond donors (Lipinski definition) is 1. The third-order valence-electron chi connectivity index (χ3n) is 4.49. The summed E-state index contributed by atoms with van der Waals surface area (Å²) in [6.07, 6.45) is 0. The maximum absolute atomic E-state index is 13.1. The van der Waals surface area contributed by atoms with Crippen LogP contribution >= 0.6 is 0 Å². The summed E-state index contributed by atoms with van der Waals surface area (Å²) in [5.74, 6) is 0. The summed E-state index contributed by atoms with van der Waals surface area (Å²) in [5.41, 5.74) is 6.46. The number of rotatable bonds is 2. The van der Waals surface area contributed by atoms with Gasteiger partial charge in [-0.1, -0.05) is 54.6 Å². The molecule has 0 aromatic heterocycles. The van der Waals surface area contributed by atoms with Crippen molar-refractivity contribution in [3.63, 3.8) is 0 Å². The van der Waals surface area contributed by atoms with Crippen molar-refractivity contribution in [2.75, 3.05) is 9.03 Å². The predicted octanol–water partition coefficient (Wildman–Crippen LogP) is 4.90. The smallest absolute Gasteiger partial charge is 0.223 e. The number of benzene rings is 3. The van der Waals surface area contributed by atoms with Gasteiger partial charge in [-0.15, -0.1) is 0 Å². The fourth-order valence-electron chi connectivity index (χ4n) is 3.32. The Balaban J connectivity index is 1.93. The van der Waals surface area contributed by atoms with Gasteiger partial charge in [0.05, 0.1) is 17.4 Å². The van der Waals surface area contributed by atoms with E-state index >= 15 is 0 Å². The second-order valence-electron chi connectivity index (χ2n) is 6.42. The van der Waals surface area contributed by atoms with Crippen molar-refractivity contribution in [3.8, 4) is 0 Å². The van der Waals surface area contributed by atoms with Crippen LogP contribution in [-0.4, -0.2) is 4.21 Å². The van der Waals surface area contributed by atoms with Crippen LogP contribution < -0.4 is 9.03 Å². The Morgan fingerprint density at radius 2 is 1.64 bits per heavy atom. The zero-order valence-corrected chi connectivity index (χ0v) is 15.1. The number of nitrogens with one attached hydrogen (secondary N) is 1. The highest BCUT2D eigenvalue weighted by Crippen LogP contribution is 2.41. The van der Waals surface area contributed by atoms with Crippen molar-refractivity contribution >= 4 is 22.5 Å². The molecule has 0 aliphatic carbocycles. The van der Waals surface area contributed by atoms with Crippen molar-refractivity contribution in [2.24, 2.45) is 0 Å². The topological polar surface area (TPSA) is 32.3 Å². The van der Waals surface area contributed by atoms with Crippen LogP contribution in [0.15, 0.2) is 72.8 Å². The van der Waals surface area contributed by atoms with E-state index in [2.05, 4.69) is 61.0 Å². The van der Waals surface area contributed by atoms with Gasteiger partial charge in [0.15, 0.2) is 0 Å². The van der Waals surface area contributed by atoms with Crippen LogP contribution in [0.2, 0.25) is 0 Å². The van der Waals surface area contributed by atoms with Crippen LogP contribution in [0.3, 0.4) is 0 Å². The molecule has 126 valence electrons. The maximum atomic E-state index is 13.1. The molecular weight excluding hydrogens is 328 g/mol. The van der Waals surface area contributed by atoms with Crippen LogP contribution in [-0.2, 0) is 11.2 Å². The summed E-state index contributed by atoms with van der Waals surface area (Å²) in [7, 11) is 0. The molecule has 1 aliphatic heterocycles. The van der Waals surface area contributed by atoms with E-state index in [0.29, 0.717) is 0 Å². The molecule has 0 fully saturated rings. The molecule has 4 rings (SSSR count). The van der Waals surface area contributed by atoms with Gasteiger partial charge in [-0.3, -0.25) is 9.03 Å². The SMILES string of the molecule is Cc1cccc(N2[C@H](c3ccccc3)c3ccc(C)cc3N[S@@]2=O)c1. The lowest BCUT2D eigenvalue weighted by Gasteiger charge is -2.38. The van der Waals surface area contributed by atoms with Gasteiger partial charge in [-0.25, -0.2) is 4.21 Å². The third kappa shape index (κ3) is 2.94. The Kier molecular flexibility index (Phi) is 4.06. The summed E-state index contributed by atoms with van der Waals surface area (Å²) in [4.78, 5) is 0. The Hall–Kier alpha value is -2.59. The Labute approximate surface area is 151 Å². The zero-order valence-electron chi connectivity index (χ0n) is 14.3. The van der Waals surface area contributed by atoms with Gasteiger partial charge < -0.3 is 0 Å². The first kappa shape index (κ1) is 15.9. The molecule has 4 heteroatoms. The van der Waals surface area contributed by atoms with E-state index in [0.717, 1.165) is 33.6 Å². The monoisotopic (exact) mass is 348 g/mol. The molecule has 25 heavy (non-hydrogen) atoms. The van der Waals surface area contributed by atoms with E-state index in [4.69, 9.17) is 0 Å². The molecule has 3 nitrogen and oxygen atoms in total. The van der Waals surface area contributed by atoms with E-state index in [1.165, 1.54) is 0 Å². The fourth-order valence-corrected chi connectivity index (χ4v) is 4.52. The van der Waals surface area contributed by atoms with Crippen molar-refractivity contribution in [1.82, 2.24) is 0 Å². The molecule has 2 atom stereocenters. The summed E-state index contributed by atoms with van der Waals surface area (Å²) >= 11 is -1.35. The molecule has 0 radical (unpaired) electrons. The summed E-state index contributed by atoms with van der Waals surface area (Å²) in [5, 5.41) is 0. The molecule has 0 saturated heterocycles. The van der Waals surface area contributed by atoms with E-state index in [1.54, 1.807) is 0 Å². The first-order valence-corrected chi connectivity index (χ1v) is 9.44. The van der Waals surface area contributed by atoms with Crippen LogP contribution in [0.1, 0.15) is 28.3 Å². The van der Waals surface area contributed by atoms with Crippen molar-refractivity contribution in [3.05, 3.63) is 95.1 Å². The highest BCUT2D eigenvalue weighted by atomic mass is 32.2. The first-order chi connectivity index (χ1) is 12.1. The molecule has 0 unspecified atom stereocenters. The number of anilines is 2. The van der Waals surface area contributed by atoms with Gasteiger partial charge in [-0.2, -0.15) is 0 Å². The molecule has 0 saturated carbocycles. The Morgan fingerprint density at radius 3 is 2.40 bits per heavy atom. The van der Waals surface area contributed by atoms with Crippen LogP contribution in [0, 0.1) is 13.8 Å². The lowest BCUT2D eigenvalue weighted by molar-refractivity contribution is 0.674. The number of hydrogen-bond acceptors (Lipinski definition) is 1. The van der Waals surface area contributed by atoms with Crippen molar-refractivity contribution in [1.29, 1.82) is 0 Å². The molecule has 1 heterocycles. The fraction of sp³-hybridized carbons (Fsp3) is 0.143. The first-order valence-electron chi connectivity index (χ1n) is 8.33. The summed E-state index contributed by atoms with van der Waals surface area (Å²) in [6, 6.07) is 24.6. The summed E-state index contributed by atoms with van der Waals surface area (Å²) in [6.45, 7) is 4.11. The van der Waals surface area contributed by atoms with Crippen LogP contribution in [0.4, 0.5) is 11.4 Å². The number of fused-ring (bicyclic) bond motifs is 1. The lowest BCUT2D eigenvalue weighted by Crippen LogP contribution is -2.39. The minimum Gasteiger partial charge on any atom is -0.287 e. The molecule has 3 aromatic rings. The van der Waals surface area contributed by atoms with Gasteiger partial charge in [-0.05, 0) is 48.7 Å². The van der Waals surface area contributed by atoms with E-state index in [1.807, 2.05) is 34.6 Å². The molecule has 1 N–H and O–H groups in total. The van der Waals surface area contributed by atoms with Gasteiger partial charge in [0.25, 0.3) is 0 Å². The number of aryl methyl sites for hydroxylation is 2. The average molecular weight is 348 g/mol. The molecule has 0 spiro atoms. The average Bonchev–Trinajstić information content (AvgIpc) is 2.61. The lowest BCUT2D eigenvalue weighted by atomic mass is 9.95. The minimum atomic E-state index is -1.35. The maximum Gasteiger partial charge on any atom is 0.223 e. The highest BCUT2D eigenvalue weighted by Gasteiger charge is 2.34. The number of nitrogens with zero attached hydrogens (tertiary/aromatic N) is 1. The molecule has 1 aliphatic rings. The molecule has 3 aromatic carbocycles. The van der Waals surface area contributed by atoms with Crippen molar-refractivity contribution < 1.29 is 4.21 Å². The quantitative estimate of drug-likeness (QED) is 0.701. The molecule has 0 bridgehead atoms. The predicted molar refractivity (Wildman–Crippen MR) is 105 cm³/mol. The zero-order chi connectivity index (χ0) is 17.4. The molecular formula is C21H20N2OS. The largest absolute Gasteiger partial charge is 0.287 e. The molecule has 0 amide bonds. The summed E-state index contributed by atoms with van der Waals surface area (Å²) < 4.78 is 18.2.